The number of carbonyl (C=O) groups is 1. The van der Waals surface area contributed by atoms with Gasteiger partial charge in [-0.2, -0.15) is 0 Å². The SMILES string of the molecule is O=C(CNc1ccc(I)cc1)NNC1=NCCC1. The van der Waals surface area contributed by atoms with Gasteiger partial charge in [-0.15, -0.1) is 0 Å². The van der Waals surface area contributed by atoms with Crippen molar-refractivity contribution in [3.63, 3.8) is 0 Å². The first-order valence-corrected chi connectivity index (χ1v) is 6.89. The van der Waals surface area contributed by atoms with E-state index in [0.29, 0.717) is 0 Å². The second-order valence-electron chi connectivity index (χ2n) is 3.97. The van der Waals surface area contributed by atoms with E-state index >= 15 is 0 Å². The van der Waals surface area contributed by atoms with Gasteiger partial charge >= 0.3 is 0 Å². The third-order valence-corrected chi connectivity index (χ3v) is 3.24. The summed E-state index contributed by atoms with van der Waals surface area (Å²) in [5, 5.41) is 3.05. The van der Waals surface area contributed by atoms with E-state index in [1.165, 1.54) is 3.57 Å². The van der Waals surface area contributed by atoms with Gasteiger partial charge in [0.2, 0.25) is 0 Å². The van der Waals surface area contributed by atoms with Crippen LogP contribution in [0.1, 0.15) is 12.8 Å². The van der Waals surface area contributed by atoms with Crippen LogP contribution in [0, 0.1) is 3.57 Å². The predicted octanol–water partition coefficient (Wildman–Crippen LogP) is 1.52. The number of nitrogens with one attached hydrogen (secondary N) is 3. The van der Waals surface area contributed by atoms with E-state index in [9.17, 15) is 4.79 Å². The lowest BCUT2D eigenvalue weighted by Gasteiger charge is -2.09. The molecule has 1 amide bonds. The Hall–Kier alpha value is -1.31. The van der Waals surface area contributed by atoms with Gasteiger partial charge in [-0.25, -0.2) is 0 Å². The van der Waals surface area contributed by atoms with Crippen LogP contribution in [0.25, 0.3) is 0 Å². The first-order chi connectivity index (χ1) is 8.74. The highest BCUT2D eigenvalue weighted by Crippen LogP contribution is 2.10. The molecule has 0 atom stereocenters. The molecule has 96 valence electrons. The van der Waals surface area contributed by atoms with Crippen LogP contribution in [-0.2, 0) is 4.79 Å². The molecule has 1 heterocycles. The number of amides is 1. The molecule has 0 bridgehead atoms. The Bertz CT molecular complexity index is 444. The van der Waals surface area contributed by atoms with Crippen LogP contribution in [0.3, 0.4) is 0 Å². The molecule has 0 unspecified atom stereocenters. The fraction of sp³-hybridized carbons (Fsp3) is 0.333. The number of hydrazine groups is 1. The van der Waals surface area contributed by atoms with Crippen molar-refractivity contribution in [3.8, 4) is 0 Å². The molecule has 1 aliphatic heterocycles. The van der Waals surface area contributed by atoms with Crippen LogP contribution < -0.4 is 16.2 Å². The molecular formula is C12H15IN4O. The smallest absolute Gasteiger partial charge is 0.257 e. The average Bonchev–Trinajstić information content (AvgIpc) is 2.89. The first kappa shape index (κ1) is 13.1. The van der Waals surface area contributed by atoms with Crippen molar-refractivity contribution in [1.29, 1.82) is 0 Å². The Balaban J connectivity index is 1.69. The summed E-state index contributed by atoms with van der Waals surface area (Å²) < 4.78 is 1.17. The van der Waals surface area contributed by atoms with Gasteiger partial charge in [-0.3, -0.25) is 20.6 Å². The highest BCUT2D eigenvalue weighted by Gasteiger charge is 2.06. The zero-order chi connectivity index (χ0) is 12.8. The van der Waals surface area contributed by atoms with Crippen molar-refractivity contribution in [3.05, 3.63) is 27.8 Å². The predicted molar refractivity (Wildman–Crippen MR) is 80.5 cm³/mol. The molecule has 0 saturated carbocycles. The molecule has 5 nitrogen and oxygen atoms in total. The molecule has 0 saturated heterocycles. The Kier molecular flexibility index (Phi) is 4.80. The van der Waals surface area contributed by atoms with Crippen molar-refractivity contribution < 1.29 is 4.79 Å². The Morgan fingerprint density at radius 1 is 1.33 bits per heavy atom. The van der Waals surface area contributed by atoms with E-state index in [4.69, 9.17) is 0 Å². The largest absolute Gasteiger partial charge is 0.376 e. The zero-order valence-electron chi connectivity index (χ0n) is 9.87. The summed E-state index contributed by atoms with van der Waals surface area (Å²) in [6, 6.07) is 7.88. The average molecular weight is 358 g/mol. The van der Waals surface area contributed by atoms with Gasteiger partial charge in [0, 0.05) is 22.2 Å². The molecule has 1 aliphatic rings. The first-order valence-electron chi connectivity index (χ1n) is 5.81. The summed E-state index contributed by atoms with van der Waals surface area (Å²) in [5.41, 5.74) is 6.39. The number of amidine groups is 1. The Labute approximate surface area is 120 Å². The van der Waals surface area contributed by atoms with E-state index in [1.807, 2.05) is 24.3 Å². The number of benzene rings is 1. The molecule has 0 fully saturated rings. The zero-order valence-corrected chi connectivity index (χ0v) is 12.0. The van der Waals surface area contributed by atoms with Gasteiger partial charge in [0.15, 0.2) is 0 Å². The molecule has 1 aromatic rings. The molecule has 2 rings (SSSR count). The maximum absolute atomic E-state index is 11.5. The fourth-order valence-electron chi connectivity index (χ4n) is 1.58. The summed E-state index contributed by atoms with van der Waals surface area (Å²) >= 11 is 2.24. The minimum atomic E-state index is -0.108. The standard InChI is InChI=1S/C12H15IN4O/c13-9-3-5-10(6-4-9)15-8-12(18)17-16-11-2-1-7-14-11/h3-6,15H,1-2,7-8H2,(H,14,16)(H,17,18). The van der Waals surface area contributed by atoms with E-state index in [1.54, 1.807) is 0 Å². The van der Waals surface area contributed by atoms with Crippen LogP contribution in [0.4, 0.5) is 5.69 Å². The van der Waals surface area contributed by atoms with Crippen LogP contribution in [0.15, 0.2) is 29.3 Å². The van der Waals surface area contributed by atoms with Gasteiger partial charge in [0.05, 0.1) is 6.54 Å². The molecule has 0 spiro atoms. The van der Waals surface area contributed by atoms with Gasteiger partial charge in [0.1, 0.15) is 5.84 Å². The van der Waals surface area contributed by atoms with Crippen molar-refractivity contribution in [2.24, 2.45) is 4.99 Å². The number of hydrogen-bond donors (Lipinski definition) is 3. The van der Waals surface area contributed by atoms with Crippen LogP contribution in [-0.4, -0.2) is 24.8 Å². The third kappa shape index (κ3) is 4.17. The number of halogens is 1. The maximum Gasteiger partial charge on any atom is 0.257 e. The number of nitrogens with zero attached hydrogens (tertiary/aromatic N) is 1. The number of carbonyl (C=O) groups excluding carboxylic acids is 1. The monoisotopic (exact) mass is 358 g/mol. The lowest BCUT2D eigenvalue weighted by Crippen LogP contribution is -2.43. The van der Waals surface area contributed by atoms with Gasteiger partial charge < -0.3 is 5.32 Å². The lowest BCUT2D eigenvalue weighted by molar-refractivity contribution is -0.119. The summed E-state index contributed by atoms with van der Waals surface area (Å²) in [7, 11) is 0. The highest BCUT2D eigenvalue weighted by molar-refractivity contribution is 14.1. The molecule has 3 N–H and O–H groups in total. The second kappa shape index (κ2) is 6.58. The number of rotatable bonds is 3. The van der Waals surface area contributed by atoms with Gasteiger partial charge in [0.25, 0.3) is 5.91 Å². The normalized spacial score (nSPS) is 13.9. The van der Waals surface area contributed by atoms with Crippen LogP contribution in [0.2, 0.25) is 0 Å². The third-order valence-electron chi connectivity index (χ3n) is 2.52. The molecule has 18 heavy (non-hydrogen) atoms. The van der Waals surface area contributed by atoms with E-state index < -0.39 is 0 Å². The molecule has 6 heteroatoms. The summed E-state index contributed by atoms with van der Waals surface area (Å²) in [6.45, 7) is 1.08. The lowest BCUT2D eigenvalue weighted by atomic mass is 10.3. The van der Waals surface area contributed by atoms with Gasteiger partial charge in [-0.1, -0.05) is 0 Å². The van der Waals surface area contributed by atoms with E-state index in [2.05, 4.69) is 43.8 Å². The molecule has 1 aromatic carbocycles. The van der Waals surface area contributed by atoms with Crippen molar-refractivity contribution >= 4 is 40.0 Å². The molecule has 0 aliphatic carbocycles. The summed E-state index contributed by atoms with van der Waals surface area (Å²) in [5.74, 6) is 0.751. The minimum absolute atomic E-state index is 0.108. The minimum Gasteiger partial charge on any atom is -0.376 e. The summed E-state index contributed by atoms with van der Waals surface area (Å²) in [6.07, 6.45) is 1.96. The Morgan fingerprint density at radius 3 is 2.78 bits per heavy atom. The van der Waals surface area contributed by atoms with E-state index in [0.717, 1.165) is 30.9 Å². The Morgan fingerprint density at radius 2 is 2.11 bits per heavy atom. The van der Waals surface area contributed by atoms with Crippen LogP contribution >= 0.6 is 22.6 Å². The highest BCUT2D eigenvalue weighted by atomic mass is 127. The second-order valence-corrected chi connectivity index (χ2v) is 5.21. The number of hydrogen-bond acceptors (Lipinski definition) is 4. The van der Waals surface area contributed by atoms with E-state index in [-0.39, 0.29) is 12.5 Å². The molecular weight excluding hydrogens is 343 g/mol. The summed E-state index contributed by atoms with van der Waals surface area (Å²) in [4.78, 5) is 15.8. The van der Waals surface area contributed by atoms with Crippen molar-refractivity contribution in [2.75, 3.05) is 18.4 Å². The quantitative estimate of drug-likeness (QED) is 0.567. The van der Waals surface area contributed by atoms with Crippen LogP contribution in [0.5, 0.6) is 0 Å². The number of aliphatic imine (C=N–C) groups is 1. The van der Waals surface area contributed by atoms with Crippen molar-refractivity contribution in [2.45, 2.75) is 12.8 Å². The topological polar surface area (TPSA) is 65.5 Å². The number of anilines is 1. The molecule has 0 radical (unpaired) electrons. The van der Waals surface area contributed by atoms with Crippen molar-refractivity contribution in [1.82, 2.24) is 10.9 Å². The fourth-order valence-corrected chi connectivity index (χ4v) is 1.94. The van der Waals surface area contributed by atoms with Gasteiger partial charge in [-0.05, 0) is 53.3 Å². The molecule has 0 aromatic heterocycles. The maximum atomic E-state index is 11.5.